The van der Waals surface area contributed by atoms with Gasteiger partial charge in [0.25, 0.3) is 5.88 Å². The molecule has 0 bridgehead atoms. The van der Waals surface area contributed by atoms with Gasteiger partial charge in [-0.1, -0.05) is 41.4 Å². The van der Waals surface area contributed by atoms with Gasteiger partial charge in [0.2, 0.25) is 0 Å². The molecule has 1 aromatic heterocycles. The third-order valence-electron chi connectivity index (χ3n) is 3.04. The molecule has 0 atom stereocenters. The maximum Gasteiger partial charge on any atom is 0.257 e. The van der Waals surface area contributed by atoms with Crippen molar-refractivity contribution in [3.63, 3.8) is 0 Å². The Labute approximate surface area is 132 Å². The summed E-state index contributed by atoms with van der Waals surface area (Å²) in [5.41, 5.74) is 2.71. The Bertz CT molecular complexity index is 644. The molecule has 5 heteroatoms. The molecule has 20 heavy (non-hydrogen) atoms. The molecule has 0 N–H and O–H groups in total. The summed E-state index contributed by atoms with van der Waals surface area (Å²) < 4.78 is 6.89. The molecule has 0 radical (unpaired) electrons. The second kappa shape index (κ2) is 6.10. The fourth-order valence-electron chi connectivity index (χ4n) is 1.79. The summed E-state index contributed by atoms with van der Waals surface area (Å²) in [6, 6.07) is 5.89. The molecule has 0 unspecified atom stereocenters. The van der Waals surface area contributed by atoms with Crippen molar-refractivity contribution in [2.24, 2.45) is 0 Å². The van der Waals surface area contributed by atoms with Crippen molar-refractivity contribution in [2.45, 2.75) is 33.6 Å². The molecular weight excluding hydrogens is 340 g/mol. The molecule has 0 spiro atoms. The quantitative estimate of drug-likeness (QED) is 0.737. The van der Waals surface area contributed by atoms with Gasteiger partial charge >= 0.3 is 0 Å². The lowest BCUT2D eigenvalue weighted by Crippen LogP contribution is -2.00. The van der Waals surface area contributed by atoms with Crippen molar-refractivity contribution >= 4 is 27.5 Å². The molecule has 1 aromatic carbocycles. The lowest BCUT2D eigenvalue weighted by atomic mass is 10.0. The highest BCUT2D eigenvalue weighted by molar-refractivity contribution is 9.10. The summed E-state index contributed by atoms with van der Waals surface area (Å²) in [4.78, 5) is 8.59. The van der Waals surface area contributed by atoms with Gasteiger partial charge in [-0.25, -0.2) is 9.97 Å². The minimum atomic E-state index is 0.283. The molecule has 0 amide bonds. The lowest BCUT2D eigenvalue weighted by molar-refractivity contribution is 0.450. The summed E-state index contributed by atoms with van der Waals surface area (Å²) in [5, 5.41) is 0.283. The second-order valence-corrected chi connectivity index (χ2v) is 6.20. The van der Waals surface area contributed by atoms with Crippen molar-refractivity contribution in [3.05, 3.63) is 44.8 Å². The Morgan fingerprint density at radius 1 is 1.15 bits per heavy atom. The normalized spacial score (nSPS) is 10.9. The highest BCUT2D eigenvalue weighted by atomic mass is 79.9. The molecule has 106 valence electrons. The lowest BCUT2D eigenvalue weighted by Gasteiger charge is -2.14. The average Bonchev–Trinajstić information content (AvgIpc) is 2.37. The first kappa shape index (κ1) is 15.3. The number of aromatic nitrogens is 2. The van der Waals surface area contributed by atoms with E-state index in [-0.39, 0.29) is 5.15 Å². The number of ether oxygens (including phenoxy) is 1. The predicted molar refractivity (Wildman–Crippen MR) is 84.8 cm³/mol. The summed E-state index contributed by atoms with van der Waals surface area (Å²) >= 11 is 9.58. The van der Waals surface area contributed by atoms with Crippen LogP contribution < -0.4 is 4.74 Å². The maximum atomic E-state index is 6.11. The zero-order valence-electron chi connectivity index (χ0n) is 11.9. The molecule has 0 saturated carbocycles. The molecule has 0 fully saturated rings. The summed E-state index contributed by atoms with van der Waals surface area (Å²) in [6.45, 7) is 7.98. The van der Waals surface area contributed by atoms with Gasteiger partial charge < -0.3 is 4.74 Å². The topological polar surface area (TPSA) is 35.0 Å². The number of aryl methyl sites for hydroxylation is 2. The van der Waals surface area contributed by atoms with Crippen LogP contribution in [0, 0.1) is 13.8 Å². The fourth-order valence-corrected chi connectivity index (χ4v) is 2.37. The molecule has 0 saturated heterocycles. The first-order chi connectivity index (χ1) is 9.38. The van der Waals surface area contributed by atoms with Gasteiger partial charge in [-0.15, -0.1) is 0 Å². The largest absolute Gasteiger partial charge is 0.436 e. The van der Waals surface area contributed by atoms with Gasteiger partial charge in [0.15, 0.2) is 5.15 Å². The van der Waals surface area contributed by atoms with Gasteiger partial charge in [-0.05, 0) is 43.5 Å². The van der Waals surface area contributed by atoms with Crippen LogP contribution in [-0.4, -0.2) is 9.97 Å². The smallest absolute Gasteiger partial charge is 0.257 e. The standard InChI is InChI=1S/C15H16BrClN2O/c1-8(2)12-7-11(16)5-6-13(12)20-15-14(17)18-9(3)10(4)19-15/h5-8H,1-4H3. The molecular formula is C15H16BrClN2O. The van der Waals surface area contributed by atoms with E-state index in [0.717, 1.165) is 27.2 Å². The Kier molecular flexibility index (Phi) is 4.66. The SMILES string of the molecule is Cc1nc(Cl)c(Oc2ccc(Br)cc2C(C)C)nc1C. The van der Waals surface area contributed by atoms with Crippen molar-refractivity contribution in [1.82, 2.24) is 9.97 Å². The third-order valence-corrected chi connectivity index (χ3v) is 3.78. The predicted octanol–water partition coefficient (Wildman–Crippen LogP) is 5.43. The van der Waals surface area contributed by atoms with E-state index in [2.05, 4.69) is 39.7 Å². The highest BCUT2D eigenvalue weighted by Gasteiger charge is 2.14. The first-order valence-corrected chi connectivity index (χ1v) is 7.53. The number of hydrogen-bond acceptors (Lipinski definition) is 3. The van der Waals surface area contributed by atoms with E-state index >= 15 is 0 Å². The Morgan fingerprint density at radius 2 is 1.80 bits per heavy atom. The number of halogens is 2. The Hall–Kier alpha value is -1.13. The molecule has 3 nitrogen and oxygen atoms in total. The van der Waals surface area contributed by atoms with E-state index in [4.69, 9.17) is 16.3 Å². The van der Waals surface area contributed by atoms with Crippen LogP contribution in [0.5, 0.6) is 11.6 Å². The van der Waals surface area contributed by atoms with E-state index < -0.39 is 0 Å². The molecule has 0 aliphatic carbocycles. The maximum absolute atomic E-state index is 6.11. The van der Waals surface area contributed by atoms with E-state index in [1.54, 1.807) is 0 Å². The monoisotopic (exact) mass is 354 g/mol. The van der Waals surface area contributed by atoms with Gasteiger partial charge in [-0.2, -0.15) is 0 Å². The Balaban J connectivity index is 2.42. The summed E-state index contributed by atoms with van der Waals surface area (Å²) in [6.07, 6.45) is 0. The van der Waals surface area contributed by atoms with Gasteiger partial charge in [0, 0.05) is 4.47 Å². The van der Waals surface area contributed by atoms with E-state index in [1.807, 2.05) is 32.0 Å². The average molecular weight is 356 g/mol. The van der Waals surface area contributed by atoms with E-state index in [9.17, 15) is 0 Å². The Morgan fingerprint density at radius 3 is 2.45 bits per heavy atom. The second-order valence-electron chi connectivity index (χ2n) is 4.93. The first-order valence-electron chi connectivity index (χ1n) is 6.36. The zero-order valence-corrected chi connectivity index (χ0v) is 14.2. The molecule has 0 aliphatic heterocycles. The number of benzene rings is 1. The molecule has 0 aliphatic rings. The minimum absolute atomic E-state index is 0.283. The number of rotatable bonds is 3. The molecule has 1 heterocycles. The molecule has 2 rings (SSSR count). The van der Waals surface area contributed by atoms with Crippen molar-refractivity contribution in [3.8, 4) is 11.6 Å². The van der Waals surface area contributed by atoms with Crippen LogP contribution in [0.4, 0.5) is 0 Å². The van der Waals surface area contributed by atoms with Crippen LogP contribution in [-0.2, 0) is 0 Å². The van der Waals surface area contributed by atoms with E-state index in [0.29, 0.717) is 11.8 Å². The number of hydrogen-bond donors (Lipinski definition) is 0. The summed E-state index contributed by atoms with van der Waals surface area (Å²) in [7, 11) is 0. The highest BCUT2D eigenvalue weighted by Crippen LogP contribution is 2.34. The van der Waals surface area contributed by atoms with Crippen LogP contribution in [0.3, 0.4) is 0 Å². The van der Waals surface area contributed by atoms with Crippen LogP contribution in [0.2, 0.25) is 5.15 Å². The fraction of sp³-hybridized carbons (Fsp3) is 0.333. The minimum Gasteiger partial charge on any atom is -0.436 e. The van der Waals surface area contributed by atoms with Gasteiger partial charge in [0.1, 0.15) is 5.75 Å². The van der Waals surface area contributed by atoms with E-state index in [1.165, 1.54) is 0 Å². The van der Waals surface area contributed by atoms with Gasteiger partial charge in [0.05, 0.1) is 11.4 Å². The van der Waals surface area contributed by atoms with Crippen LogP contribution in [0.25, 0.3) is 0 Å². The van der Waals surface area contributed by atoms with Crippen molar-refractivity contribution in [1.29, 1.82) is 0 Å². The molecule has 2 aromatic rings. The third kappa shape index (κ3) is 3.30. The van der Waals surface area contributed by atoms with Crippen LogP contribution in [0.1, 0.15) is 36.7 Å². The number of nitrogens with zero attached hydrogens (tertiary/aromatic N) is 2. The summed E-state index contributed by atoms with van der Waals surface area (Å²) in [5.74, 6) is 1.43. The van der Waals surface area contributed by atoms with Gasteiger partial charge in [-0.3, -0.25) is 0 Å². The van der Waals surface area contributed by atoms with Crippen LogP contribution >= 0.6 is 27.5 Å². The zero-order chi connectivity index (χ0) is 14.9. The van der Waals surface area contributed by atoms with Crippen molar-refractivity contribution in [2.75, 3.05) is 0 Å². The van der Waals surface area contributed by atoms with Crippen LogP contribution in [0.15, 0.2) is 22.7 Å². The van der Waals surface area contributed by atoms with Crippen molar-refractivity contribution < 1.29 is 4.74 Å².